The first-order valence-electron chi connectivity index (χ1n) is 5.42. The van der Waals surface area contributed by atoms with Crippen molar-refractivity contribution in [1.29, 1.82) is 0 Å². The lowest BCUT2D eigenvalue weighted by atomic mass is 10.2. The number of hydrogen-bond acceptors (Lipinski definition) is 2. The quantitative estimate of drug-likeness (QED) is 0.775. The summed E-state index contributed by atoms with van der Waals surface area (Å²) in [6.07, 6.45) is 0.169. The van der Waals surface area contributed by atoms with Crippen LogP contribution in [0.3, 0.4) is 0 Å². The predicted molar refractivity (Wildman–Crippen MR) is 67.2 cm³/mol. The van der Waals surface area contributed by atoms with E-state index in [-0.39, 0.29) is 6.10 Å². The highest BCUT2D eigenvalue weighted by atomic mass is 35.5. The Morgan fingerprint density at radius 2 is 2.06 bits per heavy atom. The second-order valence-electron chi connectivity index (χ2n) is 4.01. The van der Waals surface area contributed by atoms with Gasteiger partial charge < -0.3 is 4.74 Å². The molecule has 4 heteroatoms. The molecule has 0 aromatic heterocycles. The van der Waals surface area contributed by atoms with E-state index >= 15 is 0 Å². The van der Waals surface area contributed by atoms with Crippen molar-refractivity contribution in [2.45, 2.75) is 12.6 Å². The topological polar surface area (TPSA) is 12.5 Å². The van der Waals surface area contributed by atoms with Crippen LogP contribution in [0.2, 0.25) is 5.02 Å². The molecule has 0 aliphatic carbocycles. The molecule has 1 aliphatic heterocycles. The molecule has 0 spiro atoms. The summed E-state index contributed by atoms with van der Waals surface area (Å²) in [7, 11) is 0. The van der Waals surface area contributed by atoms with E-state index in [9.17, 15) is 0 Å². The van der Waals surface area contributed by atoms with E-state index in [1.807, 2.05) is 12.1 Å². The third-order valence-electron chi connectivity index (χ3n) is 2.71. The largest absolute Gasteiger partial charge is 0.374 e. The Kier molecular flexibility index (Phi) is 4.47. The first kappa shape index (κ1) is 12.2. The smallest absolute Gasteiger partial charge is 0.0837 e. The molecule has 1 aliphatic rings. The van der Waals surface area contributed by atoms with Crippen molar-refractivity contribution in [3.05, 3.63) is 34.9 Å². The third-order valence-corrected chi connectivity index (χ3v) is 3.31. The van der Waals surface area contributed by atoms with Gasteiger partial charge in [0.05, 0.1) is 12.7 Å². The Bertz CT molecular complexity index is 328. The Morgan fingerprint density at radius 1 is 1.31 bits per heavy atom. The Balaban J connectivity index is 1.91. The van der Waals surface area contributed by atoms with Gasteiger partial charge in [-0.15, -0.1) is 11.6 Å². The van der Waals surface area contributed by atoms with Crippen LogP contribution in [0, 0.1) is 0 Å². The maximum Gasteiger partial charge on any atom is 0.0837 e. The maximum atomic E-state index is 5.85. The lowest BCUT2D eigenvalue weighted by molar-refractivity contribution is -0.0194. The van der Waals surface area contributed by atoms with Crippen LogP contribution in [0.25, 0.3) is 0 Å². The Labute approximate surface area is 106 Å². The molecular formula is C12H15Cl2NO. The van der Waals surface area contributed by atoms with E-state index in [1.54, 1.807) is 0 Å². The molecular weight excluding hydrogens is 245 g/mol. The number of rotatable bonds is 3. The fourth-order valence-corrected chi connectivity index (χ4v) is 2.18. The number of morpholine rings is 1. The maximum absolute atomic E-state index is 5.85. The molecule has 2 nitrogen and oxygen atoms in total. The number of hydrogen-bond donors (Lipinski definition) is 0. The van der Waals surface area contributed by atoms with E-state index in [0.29, 0.717) is 5.88 Å². The van der Waals surface area contributed by atoms with Crippen molar-refractivity contribution in [3.63, 3.8) is 0 Å². The van der Waals surface area contributed by atoms with Gasteiger partial charge in [0.15, 0.2) is 0 Å². The van der Waals surface area contributed by atoms with E-state index in [0.717, 1.165) is 31.3 Å². The second-order valence-corrected chi connectivity index (χ2v) is 4.75. The first-order valence-corrected chi connectivity index (χ1v) is 6.33. The van der Waals surface area contributed by atoms with Crippen molar-refractivity contribution in [3.8, 4) is 0 Å². The van der Waals surface area contributed by atoms with Crippen molar-refractivity contribution in [2.24, 2.45) is 0 Å². The number of alkyl halides is 1. The third kappa shape index (κ3) is 3.36. The molecule has 1 fully saturated rings. The summed E-state index contributed by atoms with van der Waals surface area (Å²) < 4.78 is 5.52. The zero-order valence-corrected chi connectivity index (χ0v) is 10.5. The van der Waals surface area contributed by atoms with Gasteiger partial charge in [0.1, 0.15) is 0 Å². The SMILES string of the molecule is ClC[C@H]1CN(Cc2ccc(Cl)cc2)CCO1. The van der Waals surface area contributed by atoms with Crippen LogP contribution in [-0.2, 0) is 11.3 Å². The summed E-state index contributed by atoms with van der Waals surface area (Å²) in [6.45, 7) is 3.58. The van der Waals surface area contributed by atoms with Gasteiger partial charge in [-0.3, -0.25) is 4.90 Å². The van der Waals surface area contributed by atoms with Gasteiger partial charge in [-0.25, -0.2) is 0 Å². The average Bonchev–Trinajstić information content (AvgIpc) is 2.32. The summed E-state index contributed by atoms with van der Waals surface area (Å²) >= 11 is 11.6. The predicted octanol–water partition coefficient (Wildman–Crippen LogP) is 2.78. The normalized spacial score (nSPS) is 22.2. The molecule has 1 aromatic rings. The molecule has 1 aromatic carbocycles. The molecule has 2 rings (SSSR count). The van der Waals surface area contributed by atoms with Crippen LogP contribution in [0.5, 0.6) is 0 Å². The molecule has 0 saturated carbocycles. The fraction of sp³-hybridized carbons (Fsp3) is 0.500. The molecule has 0 radical (unpaired) electrons. The van der Waals surface area contributed by atoms with Crippen LogP contribution in [-0.4, -0.2) is 36.6 Å². The summed E-state index contributed by atoms with van der Waals surface area (Å²) in [5, 5.41) is 0.782. The van der Waals surface area contributed by atoms with Gasteiger partial charge >= 0.3 is 0 Å². The van der Waals surface area contributed by atoms with Crippen LogP contribution in [0.15, 0.2) is 24.3 Å². The average molecular weight is 260 g/mol. The zero-order chi connectivity index (χ0) is 11.4. The summed E-state index contributed by atoms with van der Waals surface area (Å²) in [4.78, 5) is 2.36. The van der Waals surface area contributed by atoms with Gasteiger partial charge in [0, 0.05) is 30.5 Å². The van der Waals surface area contributed by atoms with Crippen LogP contribution >= 0.6 is 23.2 Å². The molecule has 88 valence electrons. The number of ether oxygens (including phenoxy) is 1. The lowest BCUT2D eigenvalue weighted by Crippen LogP contribution is -2.42. The Morgan fingerprint density at radius 3 is 2.75 bits per heavy atom. The van der Waals surface area contributed by atoms with Crippen molar-refractivity contribution in [1.82, 2.24) is 4.90 Å². The highest BCUT2D eigenvalue weighted by Crippen LogP contribution is 2.14. The molecule has 1 saturated heterocycles. The van der Waals surface area contributed by atoms with E-state index in [1.165, 1.54) is 5.56 Å². The van der Waals surface area contributed by atoms with Gasteiger partial charge in [-0.05, 0) is 17.7 Å². The number of nitrogens with zero attached hydrogens (tertiary/aromatic N) is 1. The van der Waals surface area contributed by atoms with Crippen LogP contribution in [0.1, 0.15) is 5.56 Å². The van der Waals surface area contributed by atoms with E-state index in [4.69, 9.17) is 27.9 Å². The molecule has 0 amide bonds. The minimum absolute atomic E-state index is 0.169. The van der Waals surface area contributed by atoms with Crippen molar-refractivity contribution < 1.29 is 4.74 Å². The van der Waals surface area contributed by atoms with Crippen molar-refractivity contribution in [2.75, 3.05) is 25.6 Å². The zero-order valence-electron chi connectivity index (χ0n) is 9.03. The first-order chi connectivity index (χ1) is 7.78. The summed E-state index contributed by atoms with van der Waals surface area (Å²) in [5.74, 6) is 0.567. The van der Waals surface area contributed by atoms with Crippen LogP contribution < -0.4 is 0 Å². The van der Waals surface area contributed by atoms with Gasteiger partial charge in [-0.1, -0.05) is 23.7 Å². The molecule has 1 heterocycles. The standard InChI is InChI=1S/C12H15Cl2NO/c13-7-12-9-15(5-6-16-12)8-10-1-3-11(14)4-2-10/h1-4,12H,5-9H2/t12-/m0/s1. The molecule has 0 bridgehead atoms. The molecule has 16 heavy (non-hydrogen) atoms. The number of halogens is 2. The van der Waals surface area contributed by atoms with Gasteiger partial charge in [0.25, 0.3) is 0 Å². The summed E-state index contributed by atoms with van der Waals surface area (Å²) in [5.41, 5.74) is 1.28. The van der Waals surface area contributed by atoms with Crippen molar-refractivity contribution >= 4 is 23.2 Å². The lowest BCUT2D eigenvalue weighted by Gasteiger charge is -2.31. The fourth-order valence-electron chi connectivity index (χ4n) is 1.87. The highest BCUT2D eigenvalue weighted by molar-refractivity contribution is 6.30. The summed E-state index contributed by atoms with van der Waals surface area (Å²) in [6, 6.07) is 7.98. The Hall–Kier alpha value is -0.280. The van der Waals surface area contributed by atoms with E-state index in [2.05, 4.69) is 17.0 Å². The van der Waals surface area contributed by atoms with Crippen LogP contribution in [0.4, 0.5) is 0 Å². The molecule has 1 atom stereocenters. The number of benzene rings is 1. The molecule has 0 N–H and O–H groups in total. The monoisotopic (exact) mass is 259 g/mol. The highest BCUT2D eigenvalue weighted by Gasteiger charge is 2.19. The van der Waals surface area contributed by atoms with E-state index < -0.39 is 0 Å². The minimum Gasteiger partial charge on any atom is -0.374 e. The minimum atomic E-state index is 0.169. The van der Waals surface area contributed by atoms with Gasteiger partial charge in [-0.2, -0.15) is 0 Å². The van der Waals surface area contributed by atoms with Gasteiger partial charge in [0.2, 0.25) is 0 Å². The molecule has 0 unspecified atom stereocenters. The second kappa shape index (κ2) is 5.87.